The van der Waals surface area contributed by atoms with E-state index in [4.69, 9.17) is 11.5 Å². The van der Waals surface area contributed by atoms with Gasteiger partial charge in [0.05, 0.1) is 18.1 Å². The lowest BCUT2D eigenvalue weighted by atomic mass is 10.0. The maximum absolute atomic E-state index is 13.4. The SMILES string of the molecule is CC(C)[C@H](NC(=O)[C@@H](NC(=O)[C@H](Cc1c[nH]cn1)NC(=O)CCN)[C@@H](C)O)C(=O)N[C@@H](CCC(=O)O)C(=O)N[C@@H](CCCCN)C(=O)O. The molecule has 0 aromatic carbocycles. The Morgan fingerprint density at radius 2 is 1.35 bits per heavy atom. The van der Waals surface area contributed by atoms with E-state index in [1.807, 2.05) is 0 Å². The number of unbranched alkanes of at least 4 members (excludes halogenated alkanes) is 1. The zero-order valence-electron chi connectivity index (χ0n) is 27.4. The standard InChI is InChI=1S/C29H49N9O10/c1-15(2)23(27(45)35-18(7-8-22(41)42)25(43)36-19(29(47)48)6-4-5-10-30)37-28(46)24(16(3)39)38-26(44)20(34-21(40)9-11-31)12-17-13-32-14-33-17/h13-16,18-20,23-24,39H,4-12,30-31H2,1-3H3,(H,32,33)(H,34,40)(H,35,45)(H,36,43)(H,37,46)(H,38,44)(H,41,42)(H,47,48)/t16-,18+,19+,20+,23+,24+/m1/s1. The van der Waals surface area contributed by atoms with Crippen molar-refractivity contribution in [2.45, 2.75) is 102 Å². The topological polar surface area (TPSA) is 321 Å². The van der Waals surface area contributed by atoms with Gasteiger partial charge >= 0.3 is 11.9 Å². The Balaban J connectivity index is 3.14. The number of carboxylic acid groups (broad SMARTS) is 2. The predicted octanol–water partition coefficient (Wildman–Crippen LogP) is -3.16. The molecular weight excluding hydrogens is 634 g/mol. The summed E-state index contributed by atoms with van der Waals surface area (Å²) in [6.45, 7) is 4.70. The summed E-state index contributed by atoms with van der Waals surface area (Å²) in [4.78, 5) is 95.0. The third-order valence-electron chi connectivity index (χ3n) is 7.14. The van der Waals surface area contributed by atoms with Crippen LogP contribution in [0.4, 0.5) is 0 Å². The minimum absolute atomic E-state index is 0.0215. The number of aliphatic hydroxyl groups is 1. The number of nitrogens with one attached hydrogen (secondary N) is 6. The van der Waals surface area contributed by atoms with Crippen molar-refractivity contribution in [3.63, 3.8) is 0 Å². The minimum atomic E-state index is -1.60. The third-order valence-corrected chi connectivity index (χ3v) is 7.14. The molecule has 0 unspecified atom stereocenters. The second-order valence-corrected chi connectivity index (χ2v) is 11.6. The number of hydrogen-bond acceptors (Lipinski definition) is 11. The zero-order valence-corrected chi connectivity index (χ0v) is 27.4. The fourth-order valence-electron chi connectivity index (χ4n) is 4.48. The van der Waals surface area contributed by atoms with E-state index in [2.05, 4.69) is 36.6 Å². The number of aromatic amines is 1. The normalized spacial score (nSPS) is 14.8. The van der Waals surface area contributed by atoms with Gasteiger partial charge < -0.3 is 58.4 Å². The van der Waals surface area contributed by atoms with Crippen molar-refractivity contribution < 1.29 is 48.9 Å². The number of amides is 5. The number of carbonyl (C=O) groups excluding carboxylic acids is 5. The quantitative estimate of drug-likeness (QED) is 0.0508. The molecule has 0 bridgehead atoms. The lowest BCUT2D eigenvalue weighted by molar-refractivity contribution is -0.143. The molecule has 0 aliphatic rings. The summed E-state index contributed by atoms with van der Waals surface area (Å²) in [7, 11) is 0. The largest absolute Gasteiger partial charge is 0.481 e. The van der Waals surface area contributed by atoms with Gasteiger partial charge in [0, 0.05) is 32.0 Å². The van der Waals surface area contributed by atoms with E-state index in [1.165, 1.54) is 19.4 Å². The maximum Gasteiger partial charge on any atom is 0.326 e. The van der Waals surface area contributed by atoms with Crippen molar-refractivity contribution in [1.29, 1.82) is 0 Å². The number of hydrogen-bond donors (Lipinski definition) is 11. The highest BCUT2D eigenvalue weighted by Crippen LogP contribution is 2.09. The molecule has 48 heavy (non-hydrogen) atoms. The summed E-state index contributed by atoms with van der Waals surface area (Å²) in [6, 6.07) is -6.95. The van der Waals surface area contributed by atoms with E-state index >= 15 is 0 Å². The zero-order chi connectivity index (χ0) is 36.4. The summed E-state index contributed by atoms with van der Waals surface area (Å²) in [6.07, 6.45) is 1.29. The second kappa shape index (κ2) is 21.3. The van der Waals surface area contributed by atoms with Crippen LogP contribution >= 0.6 is 0 Å². The summed E-state index contributed by atoms with van der Waals surface area (Å²) in [5, 5.41) is 41.2. The minimum Gasteiger partial charge on any atom is -0.481 e. The van der Waals surface area contributed by atoms with Crippen LogP contribution < -0.4 is 38.1 Å². The van der Waals surface area contributed by atoms with E-state index in [9.17, 15) is 48.9 Å². The van der Waals surface area contributed by atoms with Crippen LogP contribution in [0.15, 0.2) is 12.5 Å². The lowest BCUT2D eigenvalue weighted by Crippen LogP contribution is -2.62. The van der Waals surface area contributed by atoms with Crippen molar-refractivity contribution in [3.8, 4) is 0 Å². The van der Waals surface area contributed by atoms with Gasteiger partial charge in [0.1, 0.15) is 30.2 Å². The molecule has 270 valence electrons. The van der Waals surface area contributed by atoms with E-state index in [-0.39, 0.29) is 32.2 Å². The molecule has 0 fully saturated rings. The molecule has 19 heteroatoms. The van der Waals surface area contributed by atoms with Crippen molar-refractivity contribution in [2.24, 2.45) is 17.4 Å². The number of aliphatic carboxylic acids is 2. The van der Waals surface area contributed by atoms with Crippen LogP contribution in [0.25, 0.3) is 0 Å². The fraction of sp³-hybridized carbons (Fsp3) is 0.655. The third kappa shape index (κ3) is 14.9. The Labute approximate surface area is 277 Å². The second-order valence-electron chi connectivity index (χ2n) is 11.6. The molecule has 1 aromatic rings. The summed E-state index contributed by atoms with van der Waals surface area (Å²) < 4.78 is 0. The summed E-state index contributed by atoms with van der Waals surface area (Å²) in [5.74, 6) is -7.40. The number of carboxylic acids is 2. The van der Waals surface area contributed by atoms with Gasteiger partial charge in [-0.15, -0.1) is 0 Å². The van der Waals surface area contributed by atoms with E-state index in [1.54, 1.807) is 13.8 Å². The molecule has 6 atom stereocenters. The molecule has 0 saturated heterocycles. The van der Waals surface area contributed by atoms with Gasteiger partial charge in [-0.25, -0.2) is 9.78 Å². The smallest absolute Gasteiger partial charge is 0.326 e. The highest BCUT2D eigenvalue weighted by molar-refractivity contribution is 5.96. The molecule has 19 nitrogen and oxygen atoms in total. The van der Waals surface area contributed by atoms with Crippen LogP contribution in [0, 0.1) is 5.92 Å². The predicted molar refractivity (Wildman–Crippen MR) is 170 cm³/mol. The molecule has 1 rings (SSSR count). The number of aromatic nitrogens is 2. The van der Waals surface area contributed by atoms with Gasteiger partial charge in [0.2, 0.25) is 29.5 Å². The molecule has 0 aliphatic heterocycles. The first kappa shape index (κ1) is 41.4. The van der Waals surface area contributed by atoms with Crippen molar-refractivity contribution in [3.05, 3.63) is 18.2 Å². The molecule has 1 aromatic heterocycles. The molecule has 13 N–H and O–H groups in total. The average molecular weight is 684 g/mol. The number of carbonyl (C=O) groups is 7. The van der Waals surface area contributed by atoms with Gasteiger partial charge in [-0.3, -0.25) is 28.8 Å². The Kier molecular flexibility index (Phi) is 18.4. The molecular formula is C29H49N9O10. The molecule has 0 aliphatic carbocycles. The number of nitrogens with zero attached hydrogens (tertiary/aromatic N) is 1. The van der Waals surface area contributed by atoms with Crippen molar-refractivity contribution in [1.82, 2.24) is 36.6 Å². The van der Waals surface area contributed by atoms with E-state index < -0.39 is 90.1 Å². The maximum atomic E-state index is 13.4. The molecule has 0 saturated carbocycles. The first-order valence-corrected chi connectivity index (χ1v) is 15.6. The number of rotatable bonds is 23. The number of aliphatic hydroxyl groups excluding tert-OH is 1. The number of nitrogens with two attached hydrogens (primary N) is 2. The molecule has 1 heterocycles. The van der Waals surface area contributed by atoms with Gasteiger partial charge in [-0.2, -0.15) is 0 Å². The summed E-state index contributed by atoms with van der Waals surface area (Å²) in [5.41, 5.74) is 11.3. The van der Waals surface area contributed by atoms with E-state index in [0.717, 1.165) is 0 Å². The molecule has 0 radical (unpaired) electrons. The van der Waals surface area contributed by atoms with Gasteiger partial charge in [0.25, 0.3) is 0 Å². The fourth-order valence-corrected chi connectivity index (χ4v) is 4.48. The highest BCUT2D eigenvalue weighted by atomic mass is 16.4. The van der Waals surface area contributed by atoms with Crippen LogP contribution in [0.3, 0.4) is 0 Å². The van der Waals surface area contributed by atoms with Crippen LogP contribution in [-0.4, -0.2) is 116 Å². The van der Waals surface area contributed by atoms with Crippen molar-refractivity contribution >= 4 is 41.5 Å². The Hall–Kier alpha value is -4.62. The number of imidazole rings is 1. The average Bonchev–Trinajstić information content (AvgIpc) is 3.52. The first-order valence-electron chi connectivity index (χ1n) is 15.6. The number of H-pyrrole nitrogens is 1. The van der Waals surface area contributed by atoms with Crippen LogP contribution in [0.2, 0.25) is 0 Å². The van der Waals surface area contributed by atoms with Crippen LogP contribution in [0.5, 0.6) is 0 Å². The first-order chi connectivity index (χ1) is 22.6. The van der Waals surface area contributed by atoms with Crippen LogP contribution in [-0.2, 0) is 40.0 Å². The van der Waals surface area contributed by atoms with Crippen molar-refractivity contribution in [2.75, 3.05) is 13.1 Å². The molecule has 5 amide bonds. The van der Waals surface area contributed by atoms with Gasteiger partial charge in [-0.1, -0.05) is 13.8 Å². The molecule has 0 spiro atoms. The lowest BCUT2D eigenvalue weighted by Gasteiger charge is -2.29. The Morgan fingerprint density at radius 1 is 0.750 bits per heavy atom. The Morgan fingerprint density at radius 3 is 1.88 bits per heavy atom. The van der Waals surface area contributed by atoms with Gasteiger partial charge in [0.15, 0.2) is 0 Å². The van der Waals surface area contributed by atoms with E-state index in [0.29, 0.717) is 25.1 Å². The highest BCUT2D eigenvalue weighted by Gasteiger charge is 2.35. The Bertz CT molecular complexity index is 1230. The van der Waals surface area contributed by atoms with Gasteiger partial charge in [-0.05, 0) is 45.1 Å². The van der Waals surface area contributed by atoms with Crippen LogP contribution in [0.1, 0.15) is 65.0 Å². The summed E-state index contributed by atoms with van der Waals surface area (Å²) >= 11 is 0. The monoisotopic (exact) mass is 683 g/mol.